The minimum atomic E-state index is 0.469. The fourth-order valence-electron chi connectivity index (χ4n) is 1.66. The van der Waals surface area contributed by atoms with Crippen molar-refractivity contribution in [3.05, 3.63) is 64.2 Å². The molecule has 0 N–H and O–H groups in total. The number of carbonyl (C=O) groups excluding carboxylic acids is 1. The summed E-state index contributed by atoms with van der Waals surface area (Å²) < 4.78 is 5.10. The number of halogens is 1. The van der Waals surface area contributed by atoms with E-state index in [0.29, 0.717) is 10.6 Å². The van der Waals surface area contributed by atoms with Crippen molar-refractivity contribution in [2.24, 2.45) is 0 Å². The van der Waals surface area contributed by atoms with E-state index >= 15 is 0 Å². The third kappa shape index (κ3) is 3.46. The molecular formula is C16H13ClO2. The monoisotopic (exact) mass is 272 g/mol. The number of carbonyl (C=O) groups is 1. The van der Waals surface area contributed by atoms with Gasteiger partial charge in [-0.15, -0.1) is 0 Å². The summed E-state index contributed by atoms with van der Waals surface area (Å²) in [6.07, 6.45) is 4.66. The van der Waals surface area contributed by atoms with Crippen molar-refractivity contribution in [1.82, 2.24) is 0 Å². The van der Waals surface area contributed by atoms with Crippen LogP contribution in [0.5, 0.6) is 5.75 Å². The first-order valence-corrected chi connectivity index (χ1v) is 6.17. The molecule has 0 spiro atoms. The molecular weight excluding hydrogens is 260 g/mol. The number of hydrogen-bond acceptors (Lipinski definition) is 2. The van der Waals surface area contributed by atoms with Gasteiger partial charge in [0.05, 0.1) is 12.1 Å². The average Bonchev–Trinajstić information content (AvgIpc) is 2.47. The topological polar surface area (TPSA) is 26.3 Å². The highest BCUT2D eigenvalue weighted by molar-refractivity contribution is 6.33. The highest BCUT2D eigenvalue weighted by atomic mass is 35.5. The predicted octanol–water partition coefficient (Wildman–Crippen LogP) is 4.33. The van der Waals surface area contributed by atoms with Gasteiger partial charge in [-0.25, -0.2) is 0 Å². The molecule has 0 aliphatic carbocycles. The van der Waals surface area contributed by atoms with Crippen LogP contribution in [0, 0.1) is 0 Å². The van der Waals surface area contributed by atoms with E-state index < -0.39 is 0 Å². The minimum Gasteiger partial charge on any atom is -0.497 e. The summed E-state index contributed by atoms with van der Waals surface area (Å²) >= 11 is 5.88. The highest BCUT2D eigenvalue weighted by Crippen LogP contribution is 2.18. The van der Waals surface area contributed by atoms with Gasteiger partial charge in [-0.3, -0.25) is 4.79 Å². The minimum absolute atomic E-state index is 0.469. The summed E-state index contributed by atoms with van der Waals surface area (Å²) in [5.41, 5.74) is 2.49. The molecule has 96 valence electrons. The first-order chi connectivity index (χ1) is 9.22. The van der Waals surface area contributed by atoms with E-state index in [9.17, 15) is 4.79 Å². The maximum Gasteiger partial charge on any atom is 0.151 e. The van der Waals surface area contributed by atoms with E-state index in [1.165, 1.54) is 0 Å². The van der Waals surface area contributed by atoms with Crippen LogP contribution in [0.25, 0.3) is 12.2 Å². The Labute approximate surface area is 117 Å². The van der Waals surface area contributed by atoms with Crippen molar-refractivity contribution in [3.8, 4) is 5.75 Å². The van der Waals surface area contributed by atoms with E-state index in [1.807, 2.05) is 42.5 Å². The van der Waals surface area contributed by atoms with Gasteiger partial charge < -0.3 is 4.74 Å². The molecule has 2 aromatic carbocycles. The van der Waals surface area contributed by atoms with Crippen molar-refractivity contribution >= 4 is 30.0 Å². The van der Waals surface area contributed by atoms with Crippen LogP contribution in [0.4, 0.5) is 0 Å². The number of rotatable bonds is 4. The van der Waals surface area contributed by atoms with E-state index in [1.54, 1.807) is 19.2 Å². The normalized spacial score (nSPS) is 10.6. The van der Waals surface area contributed by atoms with Crippen LogP contribution in [0.3, 0.4) is 0 Å². The second-order valence-electron chi connectivity index (χ2n) is 4.01. The molecule has 2 rings (SSSR count). The first kappa shape index (κ1) is 13.4. The predicted molar refractivity (Wildman–Crippen MR) is 78.8 cm³/mol. The molecule has 19 heavy (non-hydrogen) atoms. The number of methoxy groups -OCH3 is 1. The second-order valence-corrected chi connectivity index (χ2v) is 4.41. The van der Waals surface area contributed by atoms with E-state index in [2.05, 4.69) is 0 Å². The van der Waals surface area contributed by atoms with Crippen LogP contribution in [0.15, 0.2) is 42.5 Å². The number of ether oxygens (including phenoxy) is 1. The lowest BCUT2D eigenvalue weighted by Gasteiger charge is -2.00. The Bertz CT molecular complexity index is 601. The Balaban J connectivity index is 2.19. The highest BCUT2D eigenvalue weighted by Gasteiger charge is 1.98. The summed E-state index contributed by atoms with van der Waals surface area (Å²) in [5, 5.41) is 0.469. The largest absolute Gasteiger partial charge is 0.497 e. The molecule has 0 atom stereocenters. The summed E-state index contributed by atoms with van der Waals surface area (Å²) in [5.74, 6) is 0.826. The summed E-state index contributed by atoms with van der Waals surface area (Å²) in [6, 6.07) is 13.1. The van der Waals surface area contributed by atoms with Crippen molar-refractivity contribution in [2.75, 3.05) is 7.11 Å². The van der Waals surface area contributed by atoms with Crippen molar-refractivity contribution < 1.29 is 9.53 Å². The average molecular weight is 273 g/mol. The molecule has 2 aromatic rings. The first-order valence-electron chi connectivity index (χ1n) is 5.80. The zero-order chi connectivity index (χ0) is 13.7. The number of hydrogen-bond donors (Lipinski definition) is 0. The Morgan fingerprint density at radius 1 is 1.00 bits per heavy atom. The van der Waals surface area contributed by atoms with Crippen LogP contribution in [-0.2, 0) is 0 Å². The molecule has 3 heteroatoms. The van der Waals surface area contributed by atoms with Gasteiger partial charge >= 0.3 is 0 Å². The SMILES string of the molecule is COc1ccc(/C=C/c2ccc(Cl)c(C=O)c2)cc1. The smallest absolute Gasteiger partial charge is 0.151 e. The van der Waals surface area contributed by atoms with Crippen molar-refractivity contribution in [1.29, 1.82) is 0 Å². The second kappa shape index (κ2) is 6.21. The lowest BCUT2D eigenvalue weighted by Crippen LogP contribution is -1.83. The molecule has 0 aromatic heterocycles. The molecule has 0 fully saturated rings. The molecule has 2 nitrogen and oxygen atoms in total. The Hall–Kier alpha value is -2.06. The fourth-order valence-corrected chi connectivity index (χ4v) is 1.83. The van der Waals surface area contributed by atoms with Gasteiger partial charge in [-0.05, 0) is 35.4 Å². The van der Waals surface area contributed by atoms with E-state index in [4.69, 9.17) is 16.3 Å². The lowest BCUT2D eigenvalue weighted by molar-refractivity contribution is 0.112. The third-order valence-corrected chi connectivity index (χ3v) is 3.08. The van der Waals surface area contributed by atoms with Crippen molar-refractivity contribution in [3.63, 3.8) is 0 Å². The standard InChI is InChI=1S/C16H13ClO2/c1-19-15-7-4-12(5-8-15)2-3-13-6-9-16(17)14(10-13)11-18/h2-11H,1H3/b3-2+. The lowest BCUT2D eigenvalue weighted by atomic mass is 10.1. The molecule has 0 bridgehead atoms. The molecule has 0 amide bonds. The van der Waals surface area contributed by atoms with Gasteiger partial charge in [0.1, 0.15) is 5.75 Å². The summed E-state index contributed by atoms with van der Waals surface area (Å²) in [4.78, 5) is 10.8. The summed E-state index contributed by atoms with van der Waals surface area (Å²) in [7, 11) is 1.64. The molecule has 0 unspecified atom stereocenters. The zero-order valence-corrected chi connectivity index (χ0v) is 11.2. The molecule has 0 heterocycles. The van der Waals surface area contributed by atoms with Gasteiger partial charge in [-0.1, -0.05) is 42.0 Å². The van der Waals surface area contributed by atoms with Crippen LogP contribution in [-0.4, -0.2) is 13.4 Å². The Kier molecular flexibility index (Phi) is 4.37. The number of benzene rings is 2. The fraction of sp³-hybridized carbons (Fsp3) is 0.0625. The van der Waals surface area contributed by atoms with Gasteiger partial charge in [0.15, 0.2) is 6.29 Å². The van der Waals surface area contributed by atoms with E-state index in [0.717, 1.165) is 23.2 Å². The van der Waals surface area contributed by atoms with Gasteiger partial charge in [0.25, 0.3) is 0 Å². The molecule has 0 saturated heterocycles. The molecule has 0 radical (unpaired) electrons. The molecule has 0 aliphatic heterocycles. The van der Waals surface area contributed by atoms with Gasteiger partial charge in [-0.2, -0.15) is 0 Å². The quantitative estimate of drug-likeness (QED) is 0.612. The zero-order valence-electron chi connectivity index (χ0n) is 10.5. The van der Waals surface area contributed by atoms with Gasteiger partial charge in [0.2, 0.25) is 0 Å². The van der Waals surface area contributed by atoms with Crippen LogP contribution >= 0.6 is 11.6 Å². The molecule has 0 aliphatic rings. The van der Waals surface area contributed by atoms with Crippen LogP contribution < -0.4 is 4.74 Å². The van der Waals surface area contributed by atoms with Crippen LogP contribution in [0.1, 0.15) is 21.5 Å². The molecule has 0 saturated carbocycles. The van der Waals surface area contributed by atoms with Crippen molar-refractivity contribution in [2.45, 2.75) is 0 Å². The third-order valence-electron chi connectivity index (χ3n) is 2.73. The Morgan fingerprint density at radius 2 is 1.63 bits per heavy atom. The van der Waals surface area contributed by atoms with Gasteiger partial charge in [0, 0.05) is 5.56 Å². The van der Waals surface area contributed by atoms with E-state index in [-0.39, 0.29) is 0 Å². The maximum atomic E-state index is 10.8. The summed E-state index contributed by atoms with van der Waals surface area (Å²) in [6.45, 7) is 0. The Morgan fingerprint density at radius 3 is 2.26 bits per heavy atom. The maximum absolute atomic E-state index is 10.8. The number of aldehydes is 1. The van der Waals surface area contributed by atoms with Crippen LogP contribution in [0.2, 0.25) is 5.02 Å².